The number of carbonyl (C=O) groups is 1. The molecule has 7 rings (SSSR count). The molecule has 0 spiro atoms. The predicted molar refractivity (Wildman–Crippen MR) is 221 cm³/mol. The largest absolute Gasteiger partial charge is 0.491 e. The quantitative estimate of drug-likeness (QED) is 0.0680. The molecule has 1 aliphatic rings. The van der Waals surface area contributed by atoms with Crippen molar-refractivity contribution in [1.29, 1.82) is 0 Å². The van der Waals surface area contributed by atoms with E-state index in [1.807, 2.05) is 64.1 Å². The molecule has 4 heterocycles. The van der Waals surface area contributed by atoms with Crippen molar-refractivity contribution >= 4 is 39.5 Å². The SMILES string of the molecule is CNCC(O)COc1cccc(-c2cc(NC3CC3C(C)n3ncc4c(NC(=O)NC)cc(-c5cccc(OCC(O)CN)c5)nc43)c3cnn(C(C)C)c3n2)c1. The fourth-order valence-electron chi connectivity index (χ4n) is 6.95. The molecule has 8 N–H and O–H groups in total. The molecule has 2 amide bonds. The zero-order chi connectivity index (χ0) is 40.2. The second-order valence-corrected chi connectivity index (χ2v) is 14.7. The van der Waals surface area contributed by atoms with Crippen molar-refractivity contribution in [3.8, 4) is 34.0 Å². The summed E-state index contributed by atoms with van der Waals surface area (Å²) in [5.74, 6) is 1.42. The van der Waals surface area contributed by atoms with Gasteiger partial charge in [0.2, 0.25) is 0 Å². The van der Waals surface area contributed by atoms with Crippen molar-refractivity contribution in [1.82, 2.24) is 40.2 Å². The van der Waals surface area contributed by atoms with Crippen LogP contribution in [-0.4, -0.2) is 104 Å². The van der Waals surface area contributed by atoms with E-state index >= 15 is 0 Å². The molecule has 1 fully saturated rings. The number of rotatable bonds is 17. The van der Waals surface area contributed by atoms with Crippen molar-refractivity contribution in [2.75, 3.05) is 51.0 Å². The van der Waals surface area contributed by atoms with Gasteiger partial charge in [-0.1, -0.05) is 24.3 Å². The van der Waals surface area contributed by atoms with Gasteiger partial charge in [0.1, 0.15) is 36.9 Å². The topological polar surface area (TPSA) is 212 Å². The average Bonchev–Trinajstić information content (AvgIpc) is 3.62. The van der Waals surface area contributed by atoms with Gasteiger partial charge in [0.15, 0.2) is 11.3 Å². The highest BCUT2D eigenvalue weighted by Crippen LogP contribution is 2.45. The number of urea groups is 1. The second kappa shape index (κ2) is 17.1. The number of aliphatic hydroxyl groups is 2. The number of benzene rings is 2. The lowest BCUT2D eigenvalue weighted by Crippen LogP contribution is -2.29. The molecule has 16 heteroatoms. The first-order valence-corrected chi connectivity index (χ1v) is 19.3. The molecule has 1 saturated carbocycles. The number of anilines is 2. The van der Waals surface area contributed by atoms with Gasteiger partial charge in [-0.25, -0.2) is 24.1 Å². The van der Waals surface area contributed by atoms with Gasteiger partial charge in [-0.05, 0) is 70.6 Å². The van der Waals surface area contributed by atoms with E-state index in [-0.39, 0.29) is 49.8 Å². The second-order valence-electron chi connectivity index (χ2n) is 14.7. The summed E-state index contributed by atoms with van der Waals surface area (Å²) in [5, 5.41) is 43.6. The van der Waals surface area contributed by atoms with Crippen LogP contribution in [0.4, 0.5) is 16.2 Å². The zero-order valence-electron chi connectivity index (χ0n) is 32.8. The number of nitrogens with one attached hydrogen (secondary N) is 4. The first-order chi connectivity index (χ1) is 27.6. The first kappa shape index (κ1) is 39.4. The molecule has 0 aliphatic heterocycles. The number of ether oxygens (including phenoxy) is 2. The third-order valence-electron chi connectivity index (χ3n) is 10.1. The van der Waals surface area contributed by atoms with Gasteiger partial charge in [-0.15, -0.1) is 0 Å². The van der Waals surface area contributed by atoms with Gasteiger partial charge in [0.25, 0.3) is 0 Å². The molecule has 0 bridgehead atoms. The van der Waals surface area contributed by atoms with Gasteiger partial charge in [-0.2, -0.15) is 10.2 Å². The van der Waals surface area contributed by atoms with E-state index in [9.17, 15) is 15.0 Å². The number of amides is 2. The normalized spacial score (nSPS) is 16.7. The maximum absolute atomic E-state index is 12.6. The molecule has 4 aromatic heterocycles. The Bertz CT molecular complexity index is 2340. The number of hydrogen-bond donors (Lipinski definition) is 7. The smallest absolute Gasteiger partial charge is 0.318 e. The maximum atomic E-state index is 12.6. The van der Waals surface area contributed by atoms with Crippen LogP contribution in [0, 0.1) is 5.92 Å². The van der Waals surface area contributed by atoms with Crippen molar-refractivity contribution in [2.45, 2.75) is 57.5 Å². The highest BCUT2D eigenvalue weighted by atomic mass is 16.5. The number of aromatic nitrogens is 6. The molecule has 0 radical (unpaired) electrons. The van der Waals surface area contributed by atoms with Gasteiger partial charge in [0.05, 0.1) is 46.3 Å². The molecule has 1 aliphatic carbocycles. The van der Waals surface area contributed by atoms with Crippen LogP contribution in [-0.2, 0) is 0 Å². The van der Waals surface area contributed by atoms with E-state index in [1.54, 1.807) is 26.4 Å². The number of carbonyl (C=O) groups excluding carboxylic acids is 1. The van der Waals surface area contributed by atoms with E-state index in [4.69, 9.17) is 35.4 Å². The van der Waals surface area contributed by atoms with Gasteiger partial charge < -0.3 is 46.7 Å². The van der Waals surface area contributed by atoms with Crippen LogP contribution in [0.15, 0.2) is 73.1 Å². The Morgan fingerprint density at radius 2 is 1.42 bits per heavy atom. The fraction of sp³-hybridized carbons (Fsp3) is 0.390. The molecule has 2 aromatic carbocycles. The summed E-state index contributed by atoms with van der Waals surface area (Å²) < 4.78 is 15.6. The molecular weight excluding hydrogens is 727 g/mol. The van der Waals surface area contributed by atoms with Crippen LogP contribution in [0.1, 0.15) is 39.3 Å². The lowest BCUT2D eigenvalue weighted by molar-refractivity contribution is 0.108. The Hall–Kier alpha value is -5.81. The number of fused-ring (bicyclic) bond motifs is 2. The average molecular weight is 778 g/mol. The highest BCUT2D eigenvalue weighted by Gasteiger charge is 2.43. The van der Waals surface area contributed by atoms with Crippen LogP contribution in [0.5, 0.6) is 11.5 Å². The Balaban J connectivity index is 1.17. The third-order valence-corrected chi connectivity index (χ3v) is 10.1. The fourth-order valence-corrected chi connectivity index (χ4v) is 6.95. The van der Waals surface area contributed by atoms with Crippen LogP contribution in [0.2, 0.25) is 0 Å². The molecule has 0 saturated heterocycles. The Kier molecular flexibility index (Phi) is 11.9. The van der Waals surface area contributed by atoms with Crippen molar-refractivity contribution in [2.24, 2.45) is 11.7 Å². The van der Waals surface area contributed by atoms with E-state index in [1.165, 1.54) is 0 Å². The maximum Gasteiger partial charge on any atom is 0.318 e. The number of hydrogen-bond acceptors (Lipinski definition) is 12. The molecule has 16 nitrogen and oxygen atoms in total. The van der Waals surface area contributed by atoms with Crippen LogP contribution >= 0.6 is 0 Å². The number of pyridine rings is 2. The summed E-state index contributed by atoms with van der Waals surface area (Å²) in [6.45, 7) is 7.07. The summed E-state index contributed by atoms with van der Waals surface area (Å²) in [4.78, 5) is 22.7. The van der Waals surface area contributed by atoms with E-state index in [2.05, 4.69) is 48.1 Å². The van der Waals surface area contributed by atoms with Crippen molar-refractivity contribution in [3.63, 3.8) is 0 Å². The first-order valence-electron chi connectivity index (χ1n) is 19.3. The molecule has 6 aromatic rings. The Morgan fingerprint density at radius 1 is 0.842 bits per heavy atom. The van der Waals surface area contributed by atoms with E-state index in [0.29, 0.717) is 40.5 Å². The van der Waals surface area contributed by atoms with Crippen LogP contribution in [0.3, 0.4) is 0 Å². The predicted octanol–water partition coefficient (Wildman–Crippen LogP) is 4.56. The van der Waals surface area contributed by atoms with Gasteiger partial charge in [0, 0.05) is 55.0 Å². The Labute approximate surface area is 330 Å². The minimum atomic E-state index is -0.778. The highest BCUT2D eigenvalue weighted by molar-refractivity contribution is 6.00. The lowest BCUT2D eigenvalue weighted by atomic mass is 10.1. The molecular formula is C41H51N11O5. The standard InChI is InChI=1S/C41H51N11O5/c1-23(2)51-39-32(19-45-51)37(15-34(48-39)25-8-7-11-30(13-25)57-22-28(54)18-43-4)47-36-14-31(36)24(3)52-40-33(20-46-52)38(50-41(55)44-5)16-35(49-40)26-9-6-10-29(12-26)56-21-27(53)17-42/h6-13,15-16,19-20,23-24,27-28,31,36,43,53-54H,14,17-18,21-22,42H2,1-5H3,(H,47,48)(H2,44,49,50,55). The Morgan fingerprint density at radius 3 is 2.02 bits per heavy atom. The number of likely N-dealkylation sites (N-methyl/N-ethyl adjacent to an activating group) is 1. The summed E-state index contributed by atoms with van der Waals surface area (Å²) in [5.41, 5.74) is 11.5. The lowest BCUT2D eigenvalue weighted by Gasteiger charge is -2.16. The van der Waals surface area contributed by atoms with Gasteiger partial charge >= 0.3 is 6.03 Å². The summed E-state index contributed by atoms with van der Waals surface area (Å²) in [6, 6.07) is 18.9. The van der Waals surface area contributed by atoms with Crippen molar-refractivity contribution in [3.05, 3.63) is 73.1 Å². The van der Waals surface area contributed by atoms with Crippen LogP contribution in [0.25, 0.3) is 44.6 Å². The minimum absolute atomic E-state index is 0.0507. The molecule has 5 unspecified atom stereocenters. The number of aliphatic hydroxyl groups excluding tert-OH is 2. The summed E-state index contributed by atoms with van der Waals surface area (Å²) >= 11 is 0. The minimum Gasteiger partial charge on any atom is -0.491 e. The van der Waals surface area contributed by atoms with Gasteiger partial charge in [-0.3, -0.25) is 0 Å². The van der Waals surface area contributed by atoms with Crippen molar-refractivity contribution < 1.29 is 24.5 Å². The van der Waals surface area contributed by atoms with E-state index in [0.717, 1.165) is 40.0 Å². The zero-order valence-corrected chi connectivity index (χ0v) is 32.8. The monoisotopic (exact) mass is 777 g/mol. The van der Waals surface area contributed by atoms with E-state index < -0.39 is 12.2 Å². The number of nitrogens with zero attached hydrogens (tertiary/aromatic N) is 6. The van der Waals surface area contributed by atoms with Crippen LogP contribution < -0.4 is 36.5 Å². The molecule has 57 heavy (non-hydrogen) atoms. The molecule has 5 atom stereocenters. The summed E-state index contributed by atoms with van der Waals surface area (Å²) in [7, 11) is 3.35. The summed E-state index contributed by atoms with van der Waals surface area (Å²) in [6.07, 6.45) is 3.10. The molecule has 300 valence electrons. The number of nitrogens with two attached hydrogens (primary N) is 1. The third kappa shape index (κ3) is 8.78.